The zero-order valence-electron chi connectivity index (χ0n) is 10.7. The normalized spacial score (nSPS) is 10.7. The summed E-state index contributed by atoms with van der Waals surface area (Å²) in [6, 6.07) is 8.37. The number of aromatic nitrogens is 1. The van der Waals surface area contributed by atoms with Crippen molar-refractivity contribution >= 4 is 33.0 Å². The lowest BCUT2D eigenvalue weighted by Crippen LogP contribution is -2.11. The lowest BCUT2D eigenvalue weighted by atomic mass is 10.1. The summed E-state index contributed by atoms with van der Waals surface area (Å²) >= 11 is 1.29. The van der Waals surface area contributed by atoms with Crippen molar-refractivity contribution in [3.63, 3.8) is 0 Å². The van der Waals surface area contributed by atoms with Crippen molar-refractivity contribution in [2.24, 2.45) is 0 Å². The molecule has 20 heavy (non-hydrogen) atoms. The van der Waals surface area contributed by atoms with Crippen LogP contribution in [0.4, 0.5) is 10.1 Å². The Kier molecular flexibility index (Phi) is 3.20. The molecule has 0 aliphatic rings. The number of nitrogens with zero attached hydrogens (tertiary/aromatic N) is 1. The molecule has 0 saturated heterocycles. The predicted molar refractivity (Wildman–Crippen MR) is 78.7 cm³/mol. The van der Waals surface area contributed by atoms with E-state index < -0.39 is 0 Å². The molecular weight excluding hydrogens is 275 g/mol. The van der Waals surface area contributed by atoms with Crippen molar-refractivity contribution in [1.29, 1.82) is 0 Å². The zero-order valence-corrected chi connectivity index (χ0v) is 11.5. The van der Waals surface area contributed by atoms with Gasteiger partial charge >= 0.3 is 0 Å². The van der Waals surface area contributed by atoms with Gasteiger partial charge < -0.3 is 5.32 Å². The largest absolute Gasteiger partial charge is 0.320 e. The van der Waals surface area contributed by atoms with Gasteiger partial charge in [0.1, 0.15) is 5.82 Å². The number of nitrogens with one attached hydrogen (secondary N) is 1. The first kappa shape index (κ1) is 12.7. The molecule has 3 aromatic rings. The summed E-state index contributed by atoms with van der Waals surface area (Å²) in [5.74, 6) is -0.534. The molecule has 0 aliphatic carbocycles. The molecule has 0 spiro atoms. The van der Waals surface area contributed by atoms with Crippen LogP contribution in [0.1, 0.15) is 15.2 Å². The summed E-state index contributed by atoms with van der Waals surface area (Å²) in [6.07, 6.45) is 3.21. The van der Waals surface area contributed by atoms with Crippen LogP contribution in [0.3, 0.4) is 0 Å². The standard InChI is InChI=1S/C15H11FN2OS/c1-9-13-11(16)5-2-6-12(13)20-14(9)15(19)18-10-4-3-7-17-8-10/h2-8H,1H3,(H,18,19). The molecule has 5 heteroatoms. The highest BCUT2D eigenvalue weighted by atomic mass is 32.1. The van der Waals surface area contributed by atoms with Crippen LogP contribution in [0.25, 0.3) is 10.1 Å². The number of aryl methyl sites for hydroxylation is 1. The highest BCUT2D eigenvalue weighted by molar-refractivity contribution is 7.21. The average Bonchev–Trinajstić information content (AvgIpc) is 2.79. The van der Waals surface area contributed by atoms with Gasteiger partial charge in [0.2, 0.25) is 0 Å². The number of carbonyl (C=O) groups is 1. The SMILES string of the molecule is Cc1c(C(=O)Nc2cccnc2)sc2cccc(F)c12. The van der Waals surface area contributed by atoms with E-state index in [0.29, 0.717) is 21.5 Å². The number of halogens is 1. The fourth-order valence-electron chi connectivity index (χ4n) is 2.09. The summed E-state index contributed by atoms with van der Waals surface area (Å²) in [6.45, 7) is 1.76. The summed E-state index contributed by atoms with van der Waals surface area (Å²) in [5.41, 5.74) is 1.29. The lowest BCUT2D eigenvalue weighted by Gasteiger charge is -2.03. The average molecular weight is 286 g/mol. The van der Waals surface area contributed by atoms with Crippen LogP contribution in [0.5, 0.6) is 0 Å². The van der Waals surface area contributed by atoms with E-state index in [4.69, 9.17) is 0 Å². The number of amides is 1. The molecule has 0 atom stereocenters. The maximum absolute atomic E-state index is 13.8. The van der Waals surface area contributed by atoms with E-state index in [1.54, 1.807) is 37.5 Å². The van der Waals surface area contributed by atoms with Crippen LogP contribution in [-0.2, 0) is 0 Å². The van der Waals surface area contributed by atoms with Gasteiger partial charge in [0, 0.05) is 16.3 Å². The molecular formula is C15H11FN2OS. The fraction of sp³-hybridized carbons (Fsp3) is 0.0667. The molecule has 0 aliphatic heterocycles. The summed E-state index contributed by atoms with van der Waals surface area (Å²) in [5, 5.41) is 3.29. The molecule has 1 aromatic carbocycles. The molecule has 0 radical (unpaired) electrons. The number of hydrogen-bond donors (Lipinski definition) is 1. The Labute approximate surface area is 119 Å². The van der Waals surface area contributed by atoms with Crippen LogP contribution in [0, 0.1) is 12.7 Å². The Morgan fingerprint density at radius 3 is 2.85 bits per heavy atom. The molecule has 0 unspecified atom stereocenters. The van der Waals surface area contributed by atoms with Gasteiger partial charge in [-0.2, -0.15) is 0 Å². The van der Waals surface area contributed by atoms with Crippen molar-refractivity contribution in [3.05, 3.63) is 59.0 Å². The third-order valence-corrected chi connectivity index (χ3v) is 4.28. The Balaban J connectivity index is 2.00. The minimum absolute atomic E-state index is 0.240. The lowest BCUT2D eigenvalue weighted by molar-refractivity contribution is 0.103. The second-order valence-electron chi connectivity index (χ2n) is 4.36. The number of carbonyl (C=O) groups excluding carboxylic acids is 1. The maximum atomic E-state index is 13.8. The molecule has 1 N–H and O–H groups in total. The first-order chi connectivity index (χ1) is 9.66. The molecule has 2 heterocycles. The molecule has 0 fully saturated rings. The second-order valence-corrected chi connectivity index (χ2v) is 5.42. The highest BCUT2D eigenvalue weighted by Crippen LogP contribution is 2.32. The molecule has 3 nitrogen and oxygen atoms in total. The van der Waals surface area contributed by atoms with Gasteiger partial charge in [-0.05, 0) is 36.8 Å². The van der Waals surface area contributed by atoms with Crippen LogP contribution in [0.2, 0.25) is 0 Å². The minimum Gasteiger partial charge on any atom is -0.320 e. The smallest absolute Gasteiger partial charge is 0.266 e. The van der Waals surface area contributed by atoms with Gasteiger partial charge in [0.25, 0.3) is 5.91 Å². The Bertz CT molecular complexity index is 783. The van der Waals surface area contributed by atoms with Gasteiger partial charge in [-0.15, -0.1) is 11.3 Å². The van der Waals surface area contributed by atoms with E-state index in [-0.39, 0.29) is 11.7 Å². The third-order valence-electron chi connectivity index (χ3n) is 3.03. The van der Waals surface area contributed by atoms with Crippen LogP contribution in [0.15, 0.2) is 42.7 Å². The van der Waals surface area contributed by atoms with Crippen LogP contribution >= 0.6 is 11.3 Å². The molecule has 100 valence electrons. The molecule has 1 amide bonds. The summed E-state index contributed by atoms with van der Waals surface area (Å²) in [4.78, 5) is 16.7. The maximum Gasteiger partial charge on any atom is 0.266 e. The van der Waals surface area contributed by atoms with Crippen LogP contribution < -0.4 is 5.32 Å². The van der Waals surface area contributed by atoms with Gasteiger partial charge in [-0.3, -0.25) is 9.78 Å². The number of thiophene rings is 1. The van der Waals surface area contributed by atoms with E-state index in [1.165, 1.54) is 17.4 Å². The van der Waals surface area contributed by atoms with Crippen molar-refractivity contribution < 1.29 is 9.18 Å². The van der Waals surface area contributed by atoms with E-state index in [1.807, 2.05) is 6.07 Å². The van der Waals surface area contributed by atoms with Gasteiger partial charge in [0.15, 0.2) is 0 Å². The number of pyridine rings is 1. The van der Waals surface area contributed by atoms with Crippen molar-refractivity contribution in [2.45, 2.75) is 6.92 Å². The van der Waals surface area contributed by atoms with Crippen molar-refractivity contribution in [2.75, 3.05) is 5.32 Å². The number of rotatable bonds is 2. The number of anilines is 1. The third kappa shape index (κ3) is 2.16. The molecule has 3 rings (SSSR count). The number of fused-ring (bicyclic) bond motifs is 1. The Hall–Kier alpha value is -2.27. The second kappa shape index (κ2) is 5.02. The molecule has 2 aromatic heterocycles. The van der Waals surface area contributed by atoms with E-state index in [2.05, 4.69) is 10.3 Å². The number of benzene rings is 1. The first-order valence-corrected chi connectivity index (χ1v) is 6.87. The zero-order chi connectivity index (χ0) is 14.1. The van der Waals surface area contributed by atoms with E-state index in [9.17, 15) is 9.18 Å². The van der Waals surface area contributed by atoms with E-state index >= 15 is 0 Å². The predicted octanol–water partition coefficient (Wildman–Crippen LogP) is 4.00. The quantitative estimate of drug-likeness (QED) is 0.773. The fourth-order valence-corrected chi connectivity index (χ4v) is 3.21. The highest BCUT2D eigenvalue weighted by Gasteiger charge is 2.17. The van der Waals surface area contributed by atoms with Gasteiger partial charge in [-0.1, -0.05) is 6.07 Å². The van der Waals surface area contributed by atoms with Gasteiger partial charge in [0.05, 0.1) is 16.8 Å². The molecule has 0 saturated carbocycles. The Morgan fingerprint density at radius 1 is 1.30 bits per heavy atom. The topological polar surface area (TPSA) is 42.0 Å². The monoisotopic (exact) mass is 286 g/mol. The number of hydrogen-bond acceptors (Lipinski definition) is 3. The van der Waals surface area contributed by atoms with Crippen molar-refractivity contribution in [3.8, 4) is 0 Å². The first-order valence-electron chi connectivity index (χ1n) is 6.06. The van der Waals surface area contributed by atoms with Crippen molar-refractivity contribution in [1.82, 2.24) is 4.98 Å². The minimum atomic E-state index is -0.295. The molecule has 0 bridgehead atoms. The summed E-state index contributed by atoms with van der Waals surface area (Å²) < 4.78 is 14.6. The van der Waals surface area contributed by atoms with Gasteiger partial charge in [-0.25, -0.2) is 4.39 Å². The van der Waals surface area contributed by atoms with Crippen LogP contribution in [-0.4, -0.2) is 10.9 Å². The van der Waals surface area contributed by atoms with E-state index in [0.717, 1.165) is 4.70 Å². The Morgan fingerprint density at radius 2 is 2.15 bits per heavy atom. The summed E-state index contributed by atoms with van der Waals surface area (Å²) in [7, 11) is 0.